The molecule has 0 radical (unpaired) electrons. The van der Waals surface area contributed by atoms with Crippen LogP contribution in [0.2, 0.25) is 0 Å². The molecule has 5 aliphatic rings. The monoisotopic (exact) mass is 826 g/mol. The highest BCUT2D eigenvalue weighted by Gasteiger charge is 2.62. The van der Waals surface area contributed by atoms with Crippen LogP contribution in [0.25, 0.3) is 6.08 Å². The summed E-state index contributed by atoms with van der Waals surface area (Å²) >= 11 is 0. The van der Waals surface area contributed by atoms with Crippen molar-refractivity contribution in [2.45, 2.75) is 121 Å². The van der Waals surface area contributed by atoms with E-state index in [-0.39, 0.29) is 39.1 Å². The Hall–Kier alpha value is -5.13. The number of nitrogens with one attached hydrogen (secondary N) is 4. The third-order valence-electron chi connectivity index (χ3n) is 11.0. The maximum atomic E-state index is 14.5. The summed E-state index contributed by atoms with van der Waals surface area (Å²) in [4.78, 5) is 84.7. The Morgan fingerprint density at radius 2 is 1.86 bits per heavy atom. The molecule has 3 aliphatic heterocycles. The predicted octanol–water partition coefficient (Wildman–Crippen LogP) is 3.23. The van der Waals surface area contributed by atoms with Crippen LogP contribution in [0.3, 0.4) is 0 Å². The van der Waals surface area contributed by atoms with Gasteiger partial charge in [-0.25, -0.2) is 22.8 Å². The Balaban J connectivity index is 1.29. The zero-order chi connectivity index (χ0) is 42.2. The van der Waals surface area contributed by atoms with E-state index in [0.29, 0.717) is 25.7 Å². The van der Waals surface area contributed by atoms with Gasteiger partial charge in [0.1, 0.15) is 29.3 Å². The van der Waals surface area contributed by atoms with Gasteiger partial charge in [-0.2, -0.15) is 0 Å². The molecule has 5 atom stereocenters. The molecule has 1 aromatic rings. The van der Waals surface area contributed by atoms with Gasteiger partial charge in [-0.1, -0.05) is 50.3 Å². The molecule has 2 aliphatic carbocycles. The number of alkyl carbamates (subject to hydrolysis) is 2. The fourth-order valence-corrected chi connectivity index (χ4v) is 8.81. The Labute approximate surface area is 338 Å². The van der Waals surface area contributed by atoms with E-state index in [1.54, 1.807) is 20.8 Å². The van der Waals surface area contributed by atoms with Crippen LogP contribution in [0.15, 0.2) is 36.9 Å². The smallest absolute Gasteiger partial charge is 0.410 e. The van der Waals surface area contributed by atoms with Crippen molar-refractivity contribution in [3.63, 3.8) is 0 Å². The fraction of sp³-hybridized carbons (Fsp3) is 0.600. The van der Waals surface area contributed by atoms with Crippen molar-refractivity contribution < 1.29 is 51.4 Å². The third-order valence-corrected chi connectivity index (χ3v) is 12.8. The van der Waals surface area contributed by atoms with Gasteiger partial charge in [0.25, 0.3) is 5.91 Å². The lowest BCUT2D eigenvalue weighted by molar-refractivity contribution is -0.141. The standard InChI is InChI=1S/C40H54N6O11S/c1-7-26-18-40(26,34(49)44-58(53,54)28-14-15-28)43-32(47)31-17-27-21-46(31)33(48)30(19-41-35(50)57-38(2,3)4)42-36(51)55-23-39(5,6)16-9-8-11-24-12-10-13-25-20-45(22-29(24)25)37(52)56-27/h7-8,10-13,26-28,30-31H,1,9,14-23H2,2-6H3,(H,41,50)(H,42,51)(H,43,47)(H,44,49). The normalized spacial score (nSPS) is 27.4. The highest BCUT2D eigenvalue weighted by Crippen LogP contribution is 2.45. The van der Waals surface area contributed by atoms with Gasteiger partial charge >= 0.3 is 18.3 Å². The predicted molar refractivity (Wildman–Crippen MR) is 210 cm³/mol. The molecule has 4 bridgehead atoms. The fourth-order valence-electron chi connectivity index (χ4n) is 7.45. The lowest BCUT2D eigenvalue weighted by Crippen LogP contribution is -2.59. The zero-order valence-electron chi connectivity index (χ0n) is 33.6. The van der Waals surface area contributed by atoms with Gasteiger partial charge in [0.15, 0.2) is 0 Å². The van der Waals surface area contributed by atoms with E-state index in [2.05, 4.69) is 27.3 Å². The molecule has 3 fully saturated rings. The average Bonchev–Trinajstić information content (AvgIpc) is 4.03. The number of allylic oxidation sites excluding steroid dienone is 1. The molecular formula is C40H54N6O11S. The van der Waals surface area contributed by atoms with Crippen molar-refractivity contribution in [1.82, 2.24) is 30.5 Å². The highest BCUT2D eigenvalue weighted by atomic mass is 32.2. The van der Waals surface area contributed by atoms with Crippen LogP contribution in [0.5, 0.6) is 0 Å². The molecular weight excluding hydrogens is 773 g/mol. The first-order valence-electron chi connectivity index (χ1n) is 19.6. The molecule has 0 aromatic heterocycles. The van der Waals surface area contributed by atoms with E-state index in [9.17, 15) is 37.2 Å². The van der Waals surface area contributed by atoms with Gasteiger partial charge in [-0.15, -0.1) is 6.58 Å². The molecule has 2 saturated carbocycles. The van der Waals surface area contributed by atoms with Gasteiger partial charge in [-0.3, -0.25) is 24.0 Å². The van der Waals surface area contributed by atoms with Crippen molar-refractivity contribution in [1.29, 1.82) is 0 Å². The topological polar surface area (TPSA) is 219 Å². The number of carbonyl (C=O) groups is 6. The molecule has 58 heavy (non-hydrogen) atoms. The largest absolute Gasteiger partial charge is 0.449 e. The van der Waals surface area contributed by atoms with Crippen molar-refractivity contribution in [2.75, 3.05) is 19.7 Å². The Bertz CT molecular complexity index is 1990. The SMILES string of the molecule is C=CC1CC1(NC(=O)C1CC2CN1C(=O)C(CNC(=O)OC(C)(C)C)NC(=O)OCC(C)(C)CCC=Cc1cccc3c1CN(C3)C(=O)O2)C(=O)NS(=O)(=O)C1CC1. The van der Waals surface area contributed by atoms with Gasteiger partial charge < -0.3 is 35.1 Å². The quantitative estimate of drug-likeness (QED) is 0.220. The van der Waals surface area contributed by atoms with Gasteiger partial charge in [-0.05, 0) is 75.0 Å². The summed E-state index contributed by atoms with van der Waals surface area (Å²) in [5.41, 5.74) is -0.119. The summed E-state index contributed by atoms with van der Waals surface area (Å²) < 4.78 is 44.4. The van der Waals surface area contributed by atoms with Crippen LogP contribution in [0.1, 0.15) is 89.8 Å². The number of fused-ring (bicyclic) bond motifs is 3. The number of cyclic esters (lactones) is 1. The number of rotatable bonds is 8. The zero-order valence-corrected chi connectivity index (χ0v) is 34.4. The van der Waals surface area contributed by atoms with Crippen molar-refractivity contribution in [3.05, 3.63) is 53.6 Å². The summed E-state index contributed by atoms with van der Waals surface area (Å²) in [5, 5.41) is 7.03. The maximum absolute atomic E-state index is 14.5. The van der Waals surface area contributed by atoms with Crippen molar-refractivity contribution >= 4 is 52.1 Å². The van der Waals surface area contributed by atoms with Crippen LogP contribution in [0, 0.1) is 11.3 Å². The third kappa shape index (κ3) is 9.93. The summed E-state index contributed by atoms with van der Waals surface area (Å²) in [7, 11) is -3.97. The molecule has 5 unspecified atom stereocenters. The van der Waals surface area contributed by atoms with Gasteiger partial charge in [0, 0.05) is 18.9 Å². The van der Waals surface area contributed by atoms with Crippen molar-refractivity contribution in [3.8, 4) is 0 Å². The van der Waals surface area contributed by atoms with E-state index in [0.717, 1.165) is 21.6 Å². The van der Waals surface area contributed by atoms with Crippen LogP contribution in [-0.2, 0) is 51.7 Å². The summed E-state index contributed by atoms with van der Waals surface area (Å²) in [6.07, 6.45) is 4.00. The number of benzene rings is 1. The molecule has 3 heterocycles. The molecule has 1 aromatic carbocycles. The Kier molecular flexibility index (Phi) is 11.9. The molecule has 6 rings (SSSR count). The van der Waals surface area contributed by atoms with Crippen molar-refractivity contribution in [2.24, 2.45) is 11.3 Å². The van der Waals surface area contributed by atoms with Crippen LogP contribution in [0.4, 0.5) is 14.4 Å². The number of sulfonamides is 1. The second kappa shape index (κ2) is 16.3. The Morgan fingerprint density at radius 3 is 2.53 bits per heavy atom. The molecule has 316 valence electrons. The first kappa shape index (κ1) is 42.5. The van der Waals surface area contributed by atoms with E-state index < -0.39 is 98.5 Å². The lowest BCUT2D eigenvalue weighted by atomic mass is 9.88. The van der Waals surface area contributed by atoms with Gasteiger partial charge in [0.2, 0.25) is 21.8 Å². The summed E-state index contributed by atoms with van der Waals surface area (Å²) in [5.74, 6) is -3.17. The van der Waals surface area contributed by atoms with E-state index in [1.807, 2.05) is 44.2 Å². The maximum Gasteiger partial charge on any atom is 0.410 e. The molecule has 4 N–H and O–H groups in total. The van der Waals surface area contributed by atoms with Crippen LogP contribution >= 0.6 is 0 Å². The Morgan fingerprint density at radius 1 is 1.12 bits per heavy atom. The highest BCUT2D eigenvalue weighted by molar-refractivity contribution is 7.91. The van der Waals surface area contributed by atoms with Crippen LogP contribution in [-0.4, -0.2) is 108 Å². The second-order valence-corrected chi connectivity index (χ2v) is 19.5. The first-order chi connectivity index (χ1) is 27.2. The average molecular weight is 827 g/mol. The van der Waals surface area contributed by atoms with E-state index in [1.165, 1.54) is 11.0 Å². The summed E-state index contributed by atoms with van der Waals surface area (Å²) in [6, 6.07) is 2.98. The van der Waals surface area contributed by atoms with E-state index >= 15 is 0 Å². The lowest BCUT2D eigenvalue weighted by Gasteiger charge is -2.30. The summed E-state index contributed by atoms with van der Waals surface area (Å²) in [6.45, 7) is 12.4. The molecule has 1 saturated heterocycles. The number of carbonyl (C=O) groups excluding carboxylic acids is 6. The number of nitrogens with zero attached hydrogens (tertiary/aromatic N) is 2. The number of ether oxygens (including phenoxy) is 3. The number of hydrogen-bond donors (Lipinski definition) is 4. The molecule has 17 nitrogen and oxygen atoms in total. The minimum Gasteiger partial charge on any atom is -0.449 e. The van der Waals surface area contributed by atoms with E-state index in [4.69, 9.17) is 14.2 Å². The molecule has 6 amide bonds. The number of amides is 6. The van der Waals surface area contributed by atoms with Gasteiger partial charge in [0.05, 0.1) is 31.5 Å². The minimum atomic E-state index is -3.97. The molecule has 0 spiro atoms. The first-order valence-corrected chi connectivity index (χ1v) is 21.2. The second-order valence-electron chi connectivity index (χ2n) is 17.5. The molecule has 18 heteroatoms. The minimum absolute atomic E-state index is 0.000623. The van der Waals surface area contributed by atoms with Crippen LogP contribution < -0.4 is 20.7 Å². The number of hydrogen-bond acceptors (Lipinski definition) is 11.